The van der Waals surface area contributed by atoms with Crippen LogP contribution < -0.4 is 5.32 Å². The summed E-state index contributed by atoms with van der Waals surface area (Å²) >= 11 is 0. The molecule has 1 atom stereocenters. The number of nitrogens with one attached hydrogen (secondary N) is 1. The van der Waals surface area contributed by atoms with Gasteiger partial charge in [0, 0.05) is 12.1 Å². The van der Waals surface area contributed by atoms with E-state index in [1.54, 1.807) is 0 Å². The number of hydrogen-bond acceptors (Lipinski definition) is 4. The lowest BCUT2D eigenvalue weighted by Crippen LogP contribution is -2.58. The Bertz CT molecular complexity index is 291. The first kappa shape index (κ1) is 15.4. The van der Waals surface area contributed by atoms with Gasteiger partial charge in [-0.15, -0.1) is 0 Å². The number of likely N-dealkylation sites (N-methyl/N-ethyl adjacent to an activating group) is 1. The van der Waals surface area contributed by atoms with E-state index < -0.39 is 5.60 Å². The molecule has 1 aliphatic carbocycles. The minimum Gasteiger partial charge on any atom is -0.459 e. The Morgan fingerprint density at radius 2 is 1.94 bits per heavy atom. The van der Waals surface area contributed by atoms with Crippen molar-refractivity contribution in [3.8, 4) is 0 Å². The average Bonchev–Trinajstić information content (AvgIpc) is 2.12. The van der Waals surface area contributed by atoms with Gasteiger partial charge in [-0.25, -0.2) is 0 Å². The number of nitrogens with zero attached hydrogens (tertiary/aromatic N) is 1. The first-order valence-electron chi connectivity index (χ1n) is 6.80. The maximum atomic E-state index is 11.9. The minimum atomic E-state index is -0.414. The van der Waals surface area contributed by atoms with Gasteiger partial charge in [-0.3, -0.25) is 4.79 Å². The van der Waals surface area contributed by atoms with E-state index in [0.717, 1.165) is 6.54 Å². The molecule has 0 aliphatic heterocycles. The Hall–Kier alpha value is -0.610. The quantitative estimate of drug-likeness (QED) is 0.762. The maximum absolute atomic E-state index is 11.9. The third-order valence-corrected chi connectivity index (χ3v) is 3.73. The second-order valence-corrected chi connectivity index (χ2v) is 6.61. The van der Waals surface area contributed by atoms with Crippen molar-refractivity contribution < 1.29 is 9.53 Å². The third-order valence-electron chi connectivity index (χ3n) is 3.73. The number of hydrogen-bond donors (Lipinski definition) is 1. The minimum absolute atomic E-state index is 0.171. The molecule has 0 saturated heterocycles. The van der Waals surface area contributed by atoms with E-state index in [-0.39, 0.29) is 17.6 Å². The molecule has 1 fully saturated rings. The summed E-state index contributed by atoms with van der Waals surface area (Å²) in [5, 5.41) is 3.31. The Kier molecular flexibility index (Phi) is 4.78. The van der Waals surface area contributed by atoms with Crippen molar-refractivity contribution in [2.45, 2.75) is 64.1 Å². The smallest absolute Gasteiger partial charge is 0.323 e. The van der Waals surface area contributed by atoms with Crippen LogP contribution >= 0.6 is 0 Å². The highest BCUT2D eigenvalue weighted by Gasteiger charge is 2.39. The van der Waals surface area contributed by atoms with Crippen molar-refractivity contribution in [3.63, 3.8) is 0 Å². The molecule has 0 spiro atoms. The van der Waals surface area contributed by atoms with Crippen molar-refractivity contribution in [2.24, 2.45) is 0 Å². The molecule has 0 aromatic carbocycles. The number of ether oxygens (including phenoxy) is 1. The average molecular weight is 256 g/mol. The van der Waals surface area contributed by atoms with E-state index in [1.165, 1.54) is 19.3 Å². The lowest BCUT2D eigenvalue weighted by atomic mass is 9.75. The fourth-order valence-corrected chi connectivity index (χ4v) is 2.18. The number of rotatable bonds is 5. The fraction of sp³-hybridized carbons (Fsp3) is 0.929. The molecule has 1 saturated carbocycles. The normalized spacial score (nSPS) is 20.4. The molecular formula is C14H28N2O2. The van der Waals surface area contributed by atoms with E-state index in [2.05, 4.69) is 24.3 Å². The van der Waals surface area contributed by atoms with Crippen LogP contribution in [-0.4, -0.2) is 48.7 Å². The topological polar surface area (TPSA) is 41.6 Å². The van der Waals surface area contributed by atoms with Crippen molar-refractivity contribution in [1.29, 1.82) is 0 Å². The van der Waals surface area contributed by atoms with Crippen LogP contribution in [0.2, 0.25) is 0 Å². The van der Waals surface area contributed by atoms with Gasteiger partial charge in [0.1, 0.15) is 11.6 Å². The molecule has 0 bridgehead atoms. The largest absolute Gasteiger partial charge is 0.459 e. The molecule has 1 N–H and O–H groups in total. The predicted octanol–water partition coefficient (Wildman–Crippen LogP) is 1.79. The van der Waals surface area contributed by atoms with E-state index in [4.69, 9.17) is 4.74 Å². The van der Waals surface area contributed by atoms with Crippen molar-refractivity contribution in [1.82, 2.24) is 10.2 Å². The second kappa shape index (κ2) is 5.57. The molecule has 4 nitrogen and oxygen atoms in total. The Morgan fingerprint density at radius 1 is 1.39 bits per heavy atom. The summed E-state index contributed by atoms with van der Waals surface area (Å²) in [6, 6.07) is -0.248. The van der Waals surface area contributed by atoms with Crippen LogP contribution in [0.5, 0.6) is 0 Å². The van der Waals surface area contributed by atoms with Crippen LogP contribution in [0.4, 0.5) is 0 Å². The maximum Gasteiger partial charge on any atom is 0.323 e. The summed E-state index contributed by atoms with van der Waals surface area (Å²) < 4.78 is 5.36. The number of carbonyl (C=O) groups is 1. The van der Waals surface area contributed by atoms with Crippen LogP contribution in [-0.2, 0) is 9.53 Å². The van der Waals surface area contributed by atoms with Gasteiger partial charge in [0.05, 0.1) is 0 Å². The first-order chi connectivity index (χ1) is 8.16. The zero-order valence-corrected chi connectivity index (χ0v) is 12.7. The first-order valence-corrected chi connectivity index (χ1v) is 6.80. The lowest BCUT2D eigenvalue weighted by Gasteiger charge is -2.48. The molecule has 1 unspecified atom stereocenters. The molecule has 1 aliphatic rings. The van der Waals surface area contributed by atoms with Crippen molar-refractivity contribution >= 4 is 5.97 Å². The summed E-state index contributed by atoms with van der Waals surface area (Å²) in [5.41, 5.74) is -0.182. The van der Waals surface area contributed by atoms with Crippen molar-refractivity contribution in [2.75, 3.05) is 20.6 Å². The van der Waals surface area contributed by atoms with E-state index in [0.29, 0.717) is 0 Å². The van der Waals surface area contributed by atoms with Gasteiger partial charge in [-0.05, 0) is 61.1 Å². The van der Waals surface area contributed by atoms with E-state index >= 15 is 0 Å². The van der Waals surface area contributed by atoms with E-state index in [9.17, 15) is 4.79 Å². The molecule has 0 aromatic rings. The van der Waals surface area contributed by atoms with Crippen LogP contribution in [0.3, 0.4) is 0 Å². The van der Waals surface area contributed by atoms with Crippen molar-refractivity contribution in [3.05, 3.63) is 0 Å². The standard InChI is InChI=1S/C14H28N2O2/c1-11(12(17)18-13(2,3)4)15-10-14(16(5)6)8-7-9-14/h11,15H,7-10H2,1-6H3. The molecule has 18 heavy (non-hydrogen) atoms. The lowest BCUT2D eigenvalue weighted by molar-refractivity contribution is -0.157. The van der Waals surface area contributed by atoms with Gasteiger partial charge >= 0.3 is 5.97 Å². The summed E-state index contributed by atoms with van der Waals surface area (Å²) in [5.74, 6) is -0.171. The summed E-state index contributed by atoms with van der Waals surface area (Å²) in [7, 11) is 4.22. The highest BCUT2D eigenvalue weighted by molar-refractivity contribution is 5.75. The van der Waals surface area contributed by atoms with Gasteiger partial charge in [0.2, 0.25) is 0 Å². The van der Waals surface area contributed by atoms with Gasteiger partial charge in [-0.2, -0.15) is 0 Å². The summed E-state index contributed by atoms with van der Waals surface area (Å²) in [6.07, 6.45) is 3.68. The zero-order valence-electron chi connectivity index (χ0n) is 12.7. The molecule has 1 rings (SSSR count). The molecule has 0 radical (unpaired) electrons. The van der Waals surface area contributed by atoms with Crippen LogP contribution in [0.15, 0.2) is 0 Å². The van der Waals surface area contributed by atoms with Crippen LogP contribution in [0.1, 0.15) is 47.0 Å². The fourth-order valence-electron chi connectivity index (χ4n) is 2.18. The van der Waals surface area contributed by atoms with Gasteiger partial charge < -0.3 is 15.0 Å². The molecule has 4 heteroatoms. The molecular weight excluding hydrogens is 228 g/mol. The molecule has 0 amide bonds. The molecule has 0 heterocycles. The summed E-state index contributed by atoms with van der Waals surface area (Å²) in [6.45, 7) is 8.40. The Morgan fingerprint density at radius 3 is 2.28 bits per heavy atom. The molecule has 106 valence electrons. The van der Waals surface area contributed by atoms with Crippen LogP contribution in [0, 0.1) is 0 Å². The van der Waals surface area contributed by atoms with Crippen LogP contribution in [0.25, 0.3) is 0 Å². The Labute approximate surface area is 111 Å². The van der Waals surface area contributed by atoms with Gasteiger partial charge in [0.25, 0.3) is 0 Å². The summed E-state index contributed by atoms with van der Waals surface area (Å²) in [4.78, 5) is 14.1. The highest BCUT2D eigenvalue weighted by Crippen LogP contribution is 2.35. The predicted molar refractivity (Wildman–Crippen MR) is 73.6 cm³/mol. The van der Waals surface area contributed by atoms with Gasteiger partial charge in [0.15, 0.2) is 0 Å². The zero-order chi connectivity index (χ0) is 14.0. The number of carbonyl (C=O) groups excluding carboxylic acids is 1. The second-order valence-electron chi connectivity index (χ2n) is 6.61. The van der Waals surface area contributed by atoms with E-state index in [1.807, 2.05) is 27.7 Å². The third kappa shape index (κ3) is 3.95. The Balaban J connectivity index is 2.41. The van der Waals surface area contributed by atoms with Gasteiger partial charge in [-0.1, -0.05) is 0 Å². The monoisotopic (exact) mass is 256 g/mol. The SMILES string of the molecule is CC(NCC1(N(C)C)CCC1)C(=O)OC(C)(C)C. The highest BCUT2D eigenvalue weighted by atomic mass is 16.6. The number of esters is 1. The molecule has 0 aromatic heterocycles.